The minimum absolute atomic E-state index is 0.171. The monoisotopic (exact) mass is 367 g/mol. The highest BCUT2D eigenvalue weighted by Crippen LogP contribution is 2.60. The Morgan fingerprint density at radius 3 is 2.71 bits per heavy atom. The van der Waals surface area contributed by atoms with Crippen LogP contribution in [0.2, 0.25) is 0 Å². The maximum Gasteiger partial charge on any atom is 0.441 e. The number of hydrogen-bond donors (Lipinski definition) is 0. The SMILES string of the molecule is CC(C)OC(=O)CN1C(=O)c2ccc3ccccc3c2OP1(=O)Cl. The van der Waals surface area contributed by atoms with Crippen molar-refractivity contribution in [2.45, 2.75) is 20.0 Å². The van der Waals surface area contributed by atoms with Crippen molar-refractivity contribution in [1.82, 2.24) is 4.67 Å². The standard InChI is InChI=1S/C16H15ClNO5P/c1-10(2)22-14(19)9-18-16(20)13-8-7-11-5-3-4-6-12(11)15(13)23-24(18,17)21/h3-8,10H,9H2,1-2H3. The maximum absolute atomic E-state index is 12.7. The Labute approximate surface area is 143 Å². The van der Waals surface area contributed by atoms with Crippen molar-refractivity contribution in [1.29, 1.82) is 0 Å². The summed E-state index contributed by atoms with van der Waals surface area (Å²) in [6.45, 7) is -1.22. The zero-order valence-electron chi connectivity index (χ0n) is 13.1. The molecule has 1 heterocycles. The van der Waals surface area contributed by atoms with E-state index in [0.717, 1.165) is 10.1 Å². The van der Waals surface area contributed by atoms with Crippen LogP contribution in [0.3, 0.4) is 0 Å². The second-order valence-electron chi connectivity index (χ2n) is 5.61. The molecule has 1 atom stereocenters. The molecule has 0 aliphatic carbocycles. The first-order valence-corrected chi connectivity index (χ1v) is 9.81. The highest BCUT2D eigenvalue weighted by Gasteiger charge is 2.44. The summed E-state index contributed by atoms with van der Waals surface area (Å²) in [6.07, 6.45) is -0.357. The van der Waals surface area contributed by atoms with Crippen LogP contribution in [0.1, 0.15) is 24.2 Å². The van der Waals surface area contributed by atoms with E-state index < -0.39 is 25.3 Å². The van der Waals surface area contributed by atoms with Crippen LogP contribution in [0.25, 0.3) is 10.8 Å². The molecule has 3 rings (SSSR count). The van der Waals surface area contributed by atoms with Gasteiger partial charge in [0.05, 0.1) is 11.7 Å². The van der Waals surface area contributed by atoms with E-state index in [1.165, 1.54) is 0 Å². The average molecular weight is 368 g/mol. The Balaban J connectivity index is 2.02. The summed E-state index contributed by atoms with van der Waals surface area (Å²) in [6, 6.07) is 10.5. The van der Waals surface area contributed by atoms with Crippen LogP contribution in [0.4, 0.5) is 0 Å². The lowest BCUT2D eigenvalue weighted by Gasteiger charge is -2.32. The summed E-state index contributed by atoms with van der Waals surface area (Å²) in [5.74, 6) is -1.15. The maximum atomic E-state index is 12.7. The summed E-state index contributed by atoms with van der Waals surface area (Å²) in [4.78, 5) is 24.5. The summed E-state index contributed by atoms with van der Waals surface area (Å²) in [5.41, 5.74) is 0.207. The summed E-state index contributed by atoms with van der Waals surface area (Å²) < 4.78 is 23.8. The van der Waals surface area contributed by atoms with Crippen molar-refractivity contribution in [3.8, 4) is 5.75 Å². The van der Waals surface area contributed by atoms with E-state index >= 15 is 0 Å². The fourth-order valence-electron chi connectivity index (χ4n) is 2.50. The minimum Gasteiger partial charge on any atom is -0.462 e. The number of nitrogens with zero attached hydrogens (tertiary/aromatic N) is 1. The zero-order chi connectivity index (χ0) is 17.5. The van der Waals surface area contributed by atoms with E-state index in [4.69, 9.17) is 20.5 Å². The van der Waals surface area contributed by atoms with Crippen molar-refractivity contribution in [2.75, 3.05) is 6.54 Å². The van der Waals surface area contributed by atoms with Gasteiger partial charge in [-0.25, -0.2) is 9.24 Å². The Bertz CT molecular complexity index is 882. The minimum atomic E-state index is -4.03. The molecule has 0 bridgehead atoms. The van der Waals surface area contributed by atoms with Gasteiger partial charge in [0.1, 0.15) is 12.3 Å². The molecule has 126 valence electrons. The number of carbonyl (C=O) groups excluding carboxylic acids is 2. The number of benzene rings is 2. The molecule has 0 N–H and O–H groups in total. The predicted molar refractivity (Wildman–Crippen MR) is 90.3 cm³/mol. The number of hydrogen-bond acceptors (Lipinski definition) is 5. The molecule has 24 heavy (non-hydrogen) atoms. The fraction of sp³-hybridized carbons (Fsp3) is 0.250. The molecule has 0 spiro atoms. The van der Waals surface area contributed by atoms with Gasteiger partial charge in [0.15, 0.2) is 0 Å². The Morgan fingerprint density at radius 1 is 1.29 bits per heavy atom. The number of rotatable bonds is 3. The van der Waals surface area contributed by atoms with Crippen molar-refractivity contribution in [3.63, 3.8) is 0 Å². The molecule has 0 radical (unpaired) electrons. The van der Waals surface area contributed by atoms with Crippen LogP contribution in [0.5, 0.6) is 5.75 Å². The van der Waals surface area contributed by atoms with Gasteiger partial charge in [0, 0.05) is 16.6 Å². The quantitative estimate of drug-likeness (QED) is 0.606. The number of halogens is 1. The highest BCUT2D eigenvalue weighted by atomic mass is 35.7. The number of amides is 1. The van der Waals surface area contributed by atoms with Crippen molar-refractivity contribution < 1.29 is 23.4 Å². The highest BCUT2D eigenvalue weighted by molar-refractivity contribution is 7.84. The summed E-state index contributed by atoms with van der Waals surface area (Å²) in [7, 11) is 0. The summed E-state index contributed by atoms with van der Waals surface area (Å²) in [5, 5.41) is 1.46. The van der Waals surface area contributed by atoms with Crippen LogP contribution < -0.4 is 4.52 Å². The van der Waals surface area contributed by atoms with Crippen LogP contribution in [-0.2, 0) is 14.1 Å². The lowest BCUT2D eigenvalue weighted by Crippen LogP contribution is -2.37. The molecule has 1 aliphatic rings. The van der Waals surface area contributed by atoms with Gasteiger partial charge < -0.3 is 9.26 Å². The van der Waals surface area contributed by atoms with Gasteiger partial charge in [-0.15, -0.1) is 0 Å². The lowest BCUT2D eigenvalue weighted by molar-refractivity contribution is -0.147. The molecule has 6 nitrogen and oxygen atoms in total. The van der Waals surface area contributed by atoms with Crippen LogP contribution >= 0.6 is 18.1 Å². The first-order chi connectivity index (χ1) is 11.3. The molecule has 8 heteroatoms. The van der Waals surface area contributed by atoms with E-state index in [2.05, 4.69) is 0 Å². The van der Waals surface area contributed by atoms with E-state index in [-0.39, 0.29) is 17.4 Å². The Hall–Kier alpha value is -2.04. The Morgan fingerprint density at radius 2 is 2.00 bits per heavy atom. The number of carbonyl (C=O) groups is 2. The number of fused-ring (bicyclic) bond motifs is 3. The largest absolute Gasteiger partial charge is 0.462 e. The first kappa shape index (κ1) is 16.8. The van der Waals surface area contributed by atoms with Gasteiger partial charge in [0.25, 0.3) is 5.91 Å². The van der Waals surface area contributed by atoms with Crippen LogP contribution in [-0.4, -0.2) is 29.2 Å². The zero-order valence-corrected chi connectivity index (χ0v) is 14.7. The topological polar surface area (TPSA) is 72.9 Å². The molecule has 2 aromatic rings. The molecule has 1 unspecified atom stereocenters. The van der Waals surface area contributed by atoms with E-state index in [1.807, 2.05) is 12.1 Å². The third-order valence-corrected chi connectivity index (χ3v) is 5.54. The van der Waals surface area contributed by atoms with E-state index in [0.29, 0.717) is 5.39 Å². The van der Waals surface area contributed by atoms with Gasteiger partial charge in [-0.1, -0.05) is 30.3 Å². The van der Waals surface area contributed by atoms with Crippen LogP contribution in [0, 0.1) is 0 Å². The van der Waals surface area contributed by atoms with Gasteiger partial charge >= 0.3 is 12.8 Å². The third-order valence-electron chi connectivity index (χ3n) is 3.48. The third kappa shape index (κ3) is 2.99. The second-order valence-corrected chi connectivity index (χ2v) is 8.46. The molecular weight excluding hydrogens is 353 g/mol. The molecule has 0 saturated heterocycles. The lowest BCUT2D eigenvalue weighted by atomic mass is 10.0. The fourth-order valence-corrected chi connectivity index (χ4v) is 4.20. The van der Waals surface area contributed by atoms with Gasteiger partial charge in [-0.3, -0.25) is 9.59 Å². The molecule has 1 amide bonds. The van der Waals surface area contributed by atoms with Gasteiger partial charge in [-0.05, 0) is 25.3 Å². The number of esters is 1. The van der Waals surface area contributed by atoms with Gasteiger partial charge in [0.2, 0.25) is 0 Å². The van der Waals surface area contributed by atoms with E-state index in [9.17, 15) is 14.2 Å². The van der Waals surface area contributed by atoms with Crippen molar-refractivity contribution >= 4 is 40.8 Å². The molecule has 0 fully saturated rings. The van der Waals surface area contributed by atoms with E-state index in [1.54, 1.807) is 38.1 Å². The Kier molecular flexibility index (Phi) is 4.28. The number of ether oxygens (including phenoxy) is 1. The van der Waals surface area contributed by atoms with Crippen molar-refractivity contribution in [2.24, 2.45) is 0 Å². The molecule has 0 aromatic heterocycles. The van der Waals surface area contributed by atoms with Gasteiger partial charge in [-0.2, -0.15) is 0 Å². The molecule has 1 aliphatic heterocycles. The second kappa shape index (κ2) is 6.11. The average Bonchev–Trinajstić information content (AvgIpc) is 2.50. The van der Waals surface area contributed by atoms with Crippen LogP contribution in [0.15, 0.2) is 36.4 Å². The molecule has 2 aromatic carbocycles. The summed E-state index contributed by atoms with van der Waals surface area (Å²) >= 11 is 5.97. The van der Waals surface area contributed by atoms with Crippen molar-refractivity contribution in [3.05, 3.63) is 42.0 Å². The molecule has 0 saturated carbocycles. The molecular formula is C16H15ClNO5P. The first-order valence-electron chi connectivity index (χ1n) is 7.32. The predicted octanol–water partition coefficient (Wildman–Crippen LogP) is 3.97. The normalized spacial score (nSPS) is 20.0. The smallest absolute Gasteiger partial charge is 0.441 e.